The van der Waals surface area contributed by atoms with E-state index < -0.39 is 6.10 Å². The van der Waals surface area contributed by atoms with Crippen molar-refractivity contribution in [1.29, 1.82) is 0 Å². The van der Waals surface area contributed by atoms with Crippen molar-refractivity contribution in [2.75, 3.05) is 13.1 Å². The first-order valence-corrected chi connectivity index (χ1v) is 8.16. The van der Waals surface area contributed by atoms with Gasteiger partial charge < -0.3 is 9.64 Å². The van der Waals surface area contributed by atoms with E-state index in [4.69, 9.17) is 4.74 Å². The molecule has 1 aromatic heterocycles. The van der Waals surface area contributed by atoms with Crippen LogP contribution in [0.4, 0.5) is 0 Å². The fourth-order valence-electron chi connectivity index (χ4n) is 2.76. The number of benzene rings is 2. The molecule has 0 radical (unpaired) electrons. The molecule has 1 aliphatic heterocycles. The maximum absolute atomic E-state index is 6.14. The molecule has 1 atom stereocenters. The lowest BCUT2D eigenvalue weighted by Gasteiger charge is -2.17. The van der Waals surface area contributed by atoms with E-state index in [1.165, 1.54) is 5.56 Å². The second-order valence-electron chi connectivity index (χ2n) is 5.81. The number of aromatic nitrogens is 4. The predicted molar refractivity (Wildman–Crippen MR) is 93.3 cm³/mol. The van der Waals surface area contributed by atoms with E-state index in [9.17, 15) is 0 Å². The van der Waals surface area contributed by atoms with Gasteiger partial charge in [0.05, 0.1) is 12.9 Å². The molecule has 2 aromatic carbocycles. The summed E-state index contributed by atoms with van der Waals surface area (Å²) in [6, 6.07) is 18.0. The van der Waals surface area contributed by atoms with Gasteiger partial charge in [0.1, 0.15) is 5.75 Å². The van der Waals surface area contributed by atoms with Crippen LogP contribution in [-0.4, -0.2) is 45.0 Å². The largest absolute Gasteiger partial charge is 0.478 e. The van der Waals surface area contributed by atoms with Gasteiger partial charge in [-0.05, 0) is 17.7 Å². The molecule has 0 saturated carbocycles. The summed E-state index contributed by atoms with van der Waals surface area (Å²) in [7, 11) is 0. The average Bonchev–Trinajstić information content (AvgIpc) is 3.36. The van der Waals surface area contributed by atoms with Gasteiger partial charge in [-0.3, -0.25) is 4.99 Å². The number of nitrogens with zero attached hydrogens (tertiary/aromatic N) is 5. The van der Waals surface area contributed by atoms with Crippen LogP contribution in [0.5, 0.6) is 5.75 Å². The normalized spacial score (nSPS) is 14.6. The van der Waals surface area contributed by atoms with Gasteiger partial charge in [-0.15, -0.1) is 10.2 Å². The van der Waals surface area contributed by atoms with Gasteiger partial charge in [-0.25, -0.2) is 0 Å². The minimum atomic E-state index is -0.406. The molecule has 4 rings (SSSR count). The molecule has 0 aliphatic carbocycles. The van der Waals surface area contributed by atoms with Crippen LogP contribution in [0.2, 0.25) is 0 Å². The van der Waals surface area contributed by atoms with Crippen LogP contribution in [0.15, 0.2) is 59.6 Å². The smallest absolute Gasteiger partial charge is 0.219 e. The van der Waals surface area contributed by atoms with Crippen LogP contribution in [0, 0.1) is 0 Å². The molecular weight excluding hydrogens is 316 g/mol. The molecule has 1 N–H and O–H groups in total. The highest BCUT2D eigenvalue weighted by atomic mass is 16.5. The SMILES string of the molecule is C1=NCCN1Cc1ccc(OC(c2ccccc2)c2nn[nH]n2)cc1. The van der Waals surface area contributed by atoms with E-state index in [0.29, 0.717) is 5.82 Å². The summed E-state index contributed by atoms with van der Waals surface area (Å²) in [5.41, 5.74) is 2.19. The van der Waals surface area contributed by atoms with Crippen molar-refractivity contribution in [3.05, 3.63) is 71.5 Å². The molecule has 0 bridgehead atoms. The molecule has 1 aliphatic rings. The Hall–Kier alpha value is -3.22. The van der Waals surface area contributed by atoms with E-state index in [1.807, 2.05) is 48.8 Å². The fourth-order valence-corrected chi connectivity index (χ4v) is 2.76. The number of aliphatic imine (C=N–C) groups is 1. The Morgan fingerprint density at radius 2 is 1.92 bits per heavy atom. The molecule has 126 valence electrons. The standard InChI is InChI=1S/C18H18N6O/c1-2-4-15(5-3-1)17(18-20-22-23-21-18)25-16-8-6-14(7-9-16)12-24-11-10-19-13-24/h1-9,13,17H,10-12H2,(H,20,21,22,23). The number of hydrogen-bond acceptors (Lipinski definition) is 6. The second-order valence-corrected chi connectivity index (χ2v) is 5.81. The molecule has 2 heterocycles. The van der Waals surface area contributed by atoms with Crippen molar-refractivity contribution in [2.45, 2.75) is 12.6 Å². The average molecular weight is 334 g/mol. The maximum Gasteiger partial charge on any atom is 0.219 e. The van der Waals surface area contributed by atoms with Crippen LogP contribution >= 0.6 is 0 Å². The molecule has 0 saturated heterocycles. The number of hydrogen-bond donors (Lipinski definition) is 1. The summed E-state index contributed by atoms with van der Waals surface area (Å²) < 4.78 is 6.14. The number of tetrazole rings is 1. The van der Waals surface area contributed by atoms with Crippen molar-refractivity contribution >= 4 is 6.34 Å². The van der Waals surface area contributed by atoms with E-state index in [2.05, 4.69) is 42.6 Å². The van der Waals surface area contributed by atoms with Gasteiger partial charge in [0.15, 0.2) is 6.10 Å². The summed E-state index contributed by atoms with van der Waals surface area (Å²) >= 11 is 0. The number of H-pyrrole nitrogens is 1. The molecule has 25 heavy (non-hydrogen) atoms. The summed E-state index contributed by atoms with van der Waals surface area (Å²) in [4.78, 5) is 6.43. The Balaban J connectivity index is 1.51. The van der Waals surface area contributed by atoms with Gasteiger partial charge in [0.2, 0.25) is 5.82 Å². The Labute approximate surface area is 145 Å². The van der Waals surface area contributed by atoms with E-state index in [1.54, 1.807) is 0 Å². The maximum atomic E-state index is 6.14. The third-order valence-corrected chi connectivity index (χ3v) is 4.02. The second kappa shape index (κ2) is 7.12. The van der Waals surface area contributed by atoms with E-state index >= 15 is 0 Å². The minimum absolute atomic E-state index is 0.406. The summed E-state index contributed by atoms with van der Waals surface area (Å²) in [6.45, 7) is 2.72. The van der Waals surface area contributed by atoms with Crippen molar-refractivity contribution in [2.24, 2.45) is 4.99 Å². The van der Waals surface area contributed by atoms with Crippen LogP contribution < -0.4 is 4.74 Å². The van der Waals surface area contributed by atoms with Gasteiger partial charge >= 0.3 is 0 Å². The van der Waals surface area contributed by atoms with Gasteiger partial charge in [0.25, 0.3) is 0 Å². The molecule has 0 fully saturated rings. The lowest BCUT2D eigenvalue weighted by molar-refractivity contribution is 0.237. The van der Waals surface area contributed by atoms with Gasteiger partial charge in [0, 0.05) is 18.7 Å². The lowest BCUT2D eigenvalue weighted by Crippen LogP contribution is -2.18. The molecule has 1 unspecified atom stereocenters. The Morgan fingerprint density at radius 3 is 2.60 bits per heavy atom. The molecule has 3 aromatic rings. The summed E-state index contributed by atoms with van der Waals surface area (Å²) in [5.74, 6) is 1.26. The summed E-state index contributed by atoms with van der Waals surface area (Å²) in [5, 5.41) is 14.3. The van der Waals surface area contributed by atoms with E-state index in [0.717, 1.165) is 30.9 Å². The van der Waals surface area contributed by atoms with Crippen molar-refractivity contribution in [3.63, 3.8) is 0 Å². The van der Waals surface area contributed by atoms with Crippen LogP contribution in [0.1, 0.15) is 23.1 Å². The van der Waals surface area contributed by atoms with Crippen LogP contribution in [0.25, 0.3) is 0 Å². The predicted octanol–water partition coefficient (Wildman–Crippen LogP) is 2.21. The van der Waals surface area contributed by atoms with Crippen molar-refractivity contribution in [3.8, 4) is 5.75 Å². The van der Waals surface area contributed by atoms with Crippen molar-refractivity contribution in [1.82, 2.24) is 25.5 Å². The number of ether oxygens (including phenoxy) is 1. The molecular formula is C18H18N6O. The monoisotopic (exact) mass is 334 g/mol. The zero-order valence-electron chi connectivity index (χ0n) is 13.6. The molecule has 0 amide bonds. The molecule has 7 nitrogen and oxygen atoms in total. The number of aromatic amines is 1. The zero-order chi connectivity index (χ0) is 16.9. The first-order chi connectivity index (χ1) is 12.4. The minimum Gasteiger partial charge on any atom is -0.478 e. The first-order valence-electron chi connectivity index (χ1n) is 8.16. The topological polar surface area (TPSA) is 79.3 Å². The third-order valence-electron chi connectivity index (χ3n) is 4.02. The van der Waals surface area contributed by atoms with Gasteiger partial charge in [-0.2, -0.15) is 5.21 Å². The van der Waals surface area contributed by atoms with Crippen LogP contribution in [0.3, 0.4) is 0 Å². The fraction of sp³-hybridized carbons (Fsp3) is 0.222. The lowest BCUT2D eigenvalue weighted by atomic mass is 10.1. The number of rotatable bonds is 6. The number of nitrogens with one attached hydrogen (secondary N) is 1. The van der Waals surface area contributed by atoms with Gasteiger partial charge in [-0.1, -0.05) is 47.7 Å². The van der Waals surface area contributed by atoms with E-state index in [-0.39, 0.29) is 0 Å². The van der Waals surface area contributed by atoms with Crippen LogP contribution in [-0.2, 0) is 6.54 Å². The third kappa shape index (κ3) is 3.65. The quantitative estimate of drug-likeness (QED) is 0.748. The zero-order valence-corrected chi connectivity index (χ0v) is 13.6. The molecule has 7 heteroatoms. The Bertz CT molecular complexity index is 817. The first kappa shape index (κ1) is 15.3. The van der Waals surface area contributed by atoms with Crippen molar-refractivity contribution < 1.29 is 4.74 Å². The highest BCUT2D eigenvalue weighted by Gasteiger charge is 2.20. The highest BCUT2D eigenvalue weighted by Crippen LogP contribution is 2.26. The Kier molecular flexibility index (Phi) is 4.37. The summed E-state index contributed by atoms with van der Waals surface area (Å²) in [6.07, 6.45) is 1.50. The highest BCUT2D eigenvalue weighted by molar-refractivity contribution is 5.57. The molecule has 0 spiro atoms. The Morgan fingerprint density at radius 1 is 1.08 bits per heavy atom.